The lowest BCUT2D eigenvalue weighted by Gasteiger charge is -2.32. The minimum atomic E-state index is -0.314. The van der Waals surface area contributed by atoms with Crippen LogP contribution in [0.25, 0.3) is 11.3 Å². The summed E-state index contributed by atoms with van der Waals surface area (Å²) >= 11 is 0. The van der Waals surface area contributed by atoms with Crippen LogP contribution >= 0.6 is 0 Å². The zero-order chi connectivity index (χ0) is 17.1. The first-order valence-corrected chi connectivity index (χ1v) is 8.78. The molecule has 0 bridgehead atoms. The first-order valence-electron chi connectivity index (χ1n) is 8.78. The van der Waals surface area contributed by atoms with Crippen molar-refractivity contribution in [3.05, 3.63) is 35.8 Å². The average Bonchev–Trinajstić information content (AvgIpc) is 3.17. The summed E-state index contributed by atoms with van der Waals surface area (Å²) in [5, 5.41) is 0. The highest BCUT2D eigenvalue weighted by molar-refractivity contribution is 6.62. The van der Waals surface area contributed by atoms with E-state index in [1.54, 1.807) is 0 Å². The van der Waals surface area contributed by atoms with Crippen LogP contribution < -0.4 is 5.46 Å². The Morgan fingerprint density at radius 2 is 1.79 bits per heavy atom. The van der Waals surface area contributed by atoms with Crippen molar-refractivity contribution in [2.24, 2.45) is 0 Å². The van der Waals surface area contributed by atoms with Gasteiger partial charge in [0.1, 0.15) is 5.82 Å². The minimum absolute atomic E-state index is 0.312. The van der Waals surface area contributed by atoms with Crippen molar-refractivity contribution in [1.29, 1.82) is 0 Å². The molecule has 1 aromatic carbocycles. The number of hydrogen-bond acceptors (Lipinski definition) is 3. The van der Waals surface area contributed by atoms with Crippen LogP contribution in [0.5, 0.6) is 0 Å². The molecule has 126 valence electrons. The lowest BCUT2D eigenvalue weighted by Crippen LogP contribution is -2.41. The molecule has 2 heterocycles. The fraction of sp³-hybridized carbons (Fsp3) is 0.526. The standard InChI is InChI=1S/C19H25BN2O2/c1-12-10-14(16-11-21-17(22-16)13-6-7-13)8-9-15(12)20-23-18(2,3)19(4,5)24-20/h8-11,13H,6-7H2,1-5H3,(H,21,22). The molecular weight excluding hydrogens is 299 g/mol. The van der Waals surface area contributed by atoms with E-state index in [9.17, 15) is 0 Å². The SMILES string of the molecule is Cc1cc(-c2cnc(C3CC3)[nH]2)ccc1B1OC(C)(C)C(C)(C)O1. The monoisotopic (exact) mass is 324 g/mol. The van der Waals surface area contributed by atoms with Gasteiger partial charge in [-0.3, -0.25) is 0 Å². The van der Waals surface area contributed by atoms with Crippen molar-refractivity contribution >= 4 is 12.6 Å². The van der Waals surface area contributed by atoms with Crippen molar-refractivity contribution < 1.29 is 9.31 Å². The highest BCUT2D eigenvalue weighted by Crippen LogP contribution is 2.39. The zero-order valence-electron chi connectivity index (χ0n) is 15.1. The quantitative estimate of drug-likeness (QED) is 0.878. The highest BCUT2D eigenvalue weighted by atomic mass is 16.7. The molecule has 2 aromatic rings. The smallest absolute Gasteiger partial charge is 0.399 e. The number of aryl methyl sites for hydroxylation is 1. The summed E-state index contributed by atoms with van der Waals surface area (Å²) in [6, 6.07) is 6.42. The van der Waals surface area contributed by atoms with Crippen molar-refractivity contribution in [3.63, 3.8) is 0 Å². The number of H-pyrrole nitrogens is 1. The fourth-order valence-electron chi connectivity index (χ4n) is 3.13. The van der Waals surface area contributed by atoms with Gasteiger partial charge in [0.25, 0.3) is 0 Å². The van der Waals surface area contributed by atoms with Gasteiger partial charge in [-0.05, 0) is 58.5 Å². The molecular formula is C19H25BN2O2. The first kappa shape index (κ1) is 15.9. The average molecular weight is 324 g/mol. The molecule has 0 amide bonds. The molecule has 2 aliphatic rings. The van der Waals surface area contributed by atoms with Gasteiger partial charge in [0, 0.05) is 5.92 Å². The van der Waals surface area contributed by atoms with Gasteiger partial charge in [-0.25, -0.2) is 4.98 Å². The molecule has 0 radical (unpaired) electrons. The number of benzene rings is 1. The Kier molecular flexibility index (Phi) is 3.45. The van der Waals surface area contributed by atoms with Crippen LogP contribution in [0.3, 0.4) is 0 Å². The predicted molar refractivity (Wildman–Crippen MR) is 96.5 cm³/mol. The van der Waals surface area contributed by atoms with Crippen molar-refractivity contribution in [1.82, 2.24) is 9.97 Å². The van der Waals surface area contributed by atoms with E-state index in [0.29, 0.717) is 5.92 Å². The normalized spacial score (nSPS) is 22.1. The van der Waals surface area contributed by atoms with Gasteiger partial charge in [0.2, 0.25) is 0 Å². The second-order valence-corrected chi connectivity index (χ2v) is 8.12. The van der Waals surface area contributed by atoms with Crippen molar-refractivity contribution in [3.8, 4) is 11.3 Å². The molecule has 4 nitrogen and oxygen atoms in total. The maximum atomic E-state index is 6.18. The Balaban J connectivity index is 1.60. The number of aromatic nitrogens is 2. The molecule has 0 spiro atoms. The summed E-state index contributed by atoms with van der Waals surface area (Å²) in [5.74, 6) is 1.77. The summed E-state index contributed by atoms with van der Waals surface area (Å²) in [6.07, 6.45) is 4.45. The van der Waals surface area contributed by atoms with E-state index in [4.69, 9.17) is 9.31 Å². The lowest BCUT2D eigenvalue weighted by molar-refractivity contribution is 0.00578. The van der Waals surface area contributed by atoms with Crippen LogP contribution in [0.15, 0.2) is 24.4 Å². The first-order chi connectivity index (χ1) is 11.3. The molecule has 1 saturated carbocycles. The van der Waals surface area contributed by atoms with E-state index in [0.717, 1.165) is 22.5 Å². The predicted octanol–water partition coefficient (Wildman–Crippen LogP) is 3.56. The second kappa shape index (κ2) is 5.20. The molecule has 1 aromatic heterocycles. The Morgan fingerprint density at radius 1 is 1.12 bits per heavy atom. The molecule has 4 rings (SSSR count). The molecule has 1 N–H and O–H groups in total. The van der Waals surface area contributed by atoms with Gasteiger partial charge >= 0.3 is 7.12 Å². The van der Waals surface area contributed by atoms with Crippen LogP contribution in [0.4, 0.5) is 0 Å². The fourth-order valence-corrected chi connectivity index (χ4v) is 3.13. The third-order valence-electron chi connectivity index (χ3n) is 5.65. The van der Waals surface area contributed by atoms with Gasteiger partial charge in [0.15, 0.2) is 0 Å². The van der Waals surface area contributed by atoms with E-state index < -0.39 is 0 Å². The molecule has 1 aliphatic heterocycles. The number of hydrogen-bond donors (Lipinski definition) is 1. The summed E-state index contributed by atoms with van der Waals surface area (Å²) in [4.78, 5) is 7.98. The summed E-state index contributed by atoms with van der Waals surface area (Å²) in [5.41, 5.74) is 3.89. The van der Waals surface area contributed by atoms with E-state index >= 15 is 0 Å². The highest BCUT2D eigenvalue weighted by Gasteiger charge is 2.52. The van der Waals surface area contributed by atoms with Crippen LogP contribution in [0, 0.1) is 6.92 Å². The van der Waals surface area contributed by atoms with Gasteiger partial charge in [-0.2, -0.15) is 0 Å². The zero-order valence-corrected chi connectivity index (χ0v) is 15.1. The van der Waals surface area contributed by atoms with Gasteiger partial charge in [-0.15, -0.1) is 0 Å². The number of nitrogens with zero attached hydrogens (tertiary/aromatic N) is 1. The molecule has 5 heteroatoms. The van der Waals surface area contributed by atoms with Crippen LogP contribution in [0.1, 0.15) is 57.8 Å². The largest absolute Gasteiger partial charge is 0.495 e. The van der Waals surface area contributed by atoms with E-state index in [2.05, 4.69) is 62.8 Å². The lowest BCUT2D eigenvalue weighted by atomic mass is 9.75. The number of imidazole rings is 1. The van der Waals surface area contributed by atoms with Crippen LogP contribution in [0.2, 0.25) is 0 Å². The molecule has 0 atom stereocenters. The van der Waals surface area contributed by atoms with E-state index in [-0.39, 0.29) is 18.3 Å². The van der Waals surface area contributed by atoms with E-state index in [1.165, 1.54) is 18.4 Å². The molecule has 1 saturated heterocycles. The number of rotatable bonds is 3. The topological polar surface area (TPSA) is 47.1 Å². The third-order valence-corrected chi connectivity index (χ3v) is 5.65. The minimum Gasteiger partial charge on any atom is -0.399 e. The molecule has 1 aliphatic carbocycles. The van der Waals surface area contributed by atoms with Crippen molar-refractivity contribution in [2.45, 2.75) is 64.6 Å². The van der Waals surface area contributed by atoms with E-state index in [1.807, 2.05) is 6.20 Å². The Bertz CT molecular complexity index is 761. The summed E-state index contributed by atoms with van der Waals surface area (Å²) in [7, 11) is -0.312. The maximum Gasteiger partial charge on any atom is 0.495 e. The third kappa shape index (κ3) is 2.60. The summed E-state index contributed by atoms with van der Waals surface area (Å²) in [6.45, 7) is 10.4. The van der Waals surface area contributed by atoms with Gasteiger partial charge < -0.3 is 14.3 Å². The number of aromatic amines is 1. The number of nitrogens with one attached hydrogen (secondary N) is 1. The Hall–Kier alpha value is -1.59. The maximum absolute atomic E-state index is 6.18. The van der Waals surface area contributed by atoms with Gasteiger partial charge in [0.05, 0.1) is 23.1 Å². The second-order valence-electron chi connectivity index (χ2n) is 8.12. The Morgan fingerprint density at radius 3 is 2.38 bits per heavy atom. The summed E-state index contributed by atoms with van der Waals surface area (Å²) < 4.78 is 12.4. The molecule has 2 fully saturated rings. The Labute approximate surface area is 144 Å². The van der Waals surface area contributed by atoms with Crippen LogP contribution in [-0.4, -0.2) is 28.3 Å². The molecule has 24 heavy (non-hydrogen) atoms. The van der Waals surface area contributed by atoms with Gasteiger partial charge in [-0.1, -0.05) is 23.8 Å². The van der Waals surface area contributed by atoms with Crippen LogP contribution in [-0.2, 0) is 9.31 Å². The van der Waals surface area contributed by atoms with Crippen molar-refractivity contribution in [2.75, 3.05) is 0 Å². The molecule has 0 unspecified atom stereocenters.